The van der Waals surface area contributed by atoms with Crippen molar-refractivity contribution in [2.24, 2.45) is 5.41 Å². The molecule has 1 saturated carbocycles. The van der Waals surface area contributed by atoms with Gasteiger partial charge in [-0.3, -0.25) is 4.79 Å². The summed E-state index contributed by atoms with van der Waals surface area (Å²) in [4.78, 5) is 11.5. The summed E-state index contributed by atoms with van der Waals surface area (Å²) in [5.41, 5.74) is 0.0535. The zero-order valence-electron chi connectivity index (χ0n) is 10.8. The van der Waals surface area contributed by atoms with Crippen LogP contribution in [0.25, 0.3) is 0 Å². The van der Waals surface area contributed by atoms with Gasteiger partial charge in [-0.2, -0.15) is 0 Å². The molecule has 0 bridgehead atoms. The highest BCUT2D eigenvalue weighted by Gasteiger charge is 2.49. The molecule has 16 heavy (non-hydrogen) atoms. The van der Waals surface area contributed by atoms with Crippen molar-refractivity contribution >= 4 is 5.91 Å². The van der Waals surface area contributed by atoms with Crippen LogP contribution in [0.5, 0.6) is 0 Å². The molecule has 0 aromatic rings. The first-order chi connectivity index (χ1) is 7.52. The Hall–Kier alpha value is -0.610. The number of nitrogens with one attached hydrogen (secondary N) is 2. The predicted molar refractivity (Wildman–Crippen MR) is 64.3 cm³/mol. The average molecular weight is 228 g/mol. The van der Waals surface area contributed by atoms with Crippen LogP contribution in [0.3, 0.4) is 0 Å². The number of likely N-dealkylation sites (N-methyl/N-ethyl adjacent to an activating group) is 1. The summed E-state index contributed by atoms with van der Waals surface area (Å²) >= 11 is 0. The number of amides is 1. The van der Waals surface area contributed by atoms with E-state index in [1.54, 1.807) is 0 Å². The first kappa shape index (κ1) is 13.5. The van der Waals surface area contributed by atoms with Crippen molar-refractivity contribution in [1.29, 1.82) is 0 Å². The van der Waals surface area contributed by atoms with Crippen LogP contribution in [0.2, 0.25) is 0 Å². The van der Waals surface area contributed by atoms with E-state index >= 15 is 0 Å². The molecule has 0 heterocycles. The van der Waals surface area contributed by atoms with Crippen molar-refractivity contribution in [1.82, 2.24) is 10.6 Å². The third-order valence-electron chi connectivity index (χ3n) is 3.42. The fraction of sp³-hybridized carbons (Fsp3) is 0.917. The van der Waals surface area contributed by atoms with E-state index in [4.69, 9.17) is 4.74 Å². The Morgan fingerprint density at radius 2 is 2.12 bits per heavy atom. The Labute approximate surface area is 98.1 Å². The molecule has 2 N–H and O–H groups in total. The molecule has 1 amide bonds. The summed E-state index contributed by atoms with van der Waals surface area (Å²) in [7, 11) is 0. The maximum Gasteiger partial charge on any atom is 0.234 e. The first-order valence-electron chi connectivity index (χ1n) is 6.14. The van der Waals surface area contributed by atoms with Gasteiger partial charge in [0.1, 0.15) is 0 Å². The quantitative estimate of drug-likeness (QED) is 0.710. The van der Waals surface area contributed by atoms with Gasteiger partial charge in [-0.05, 0) is 19.9 Å². The Morgan fingerprint density at radius 3 is 2.62 bits per heavy atom. The van der Waals surface area contributed by atoms with Gasteiger partial charge < -0.3 is 15.4 Å². The van der Waals surface area contributed by atoms with E-state index in [0.29, 0.717) is 6.54 Å². The van der Waals surface area contributed by atoms with Gasteiger partial charge >= 0.3 is 0 Å². The molecule has 4 nitrogen and oxygen atoms in total. The van der Waals surface area contributed by atoms with Gasteiger partial charge in [0.25, 0.3) is 0 Å². The molecule has 0 aromatic carbocycles. The van der Waals surface area contributed by atoms with Crippen molar-refractivity contribution in [2.45, 2.75) is 46.3 Å². The lowest BCUT2D eigenvalue weighted by Crippen LogP contribution is -2.62. The zero-order valence-corrected chi connectivity index (χ0v) is 10.8. The third kappa shape index (κ3) is 2.95. The Bertz CT molecular complexity index is 241. The van der Waals surface area contributed by atoms with Gasteiger partial charge in [0.05, 0.1) is 12.6 Å². The smallest absolute Gasteiger partial charge is 0.234 e. The molecule has 0 saturated heterocycles. The molecule has 94 valence electrons. The van der Waals surface area contributed by atoms with Gasteiger partial charge in [0.15, 0.2) is 0 Å². The summed E-state index contributed by atoms with van der Waals surface area (Å²) in [5.74, 6) is 0.0786. The van der Waals surface area contributed by atoms with Crippen molar-refractivity contribution in [3.8, 4) is 0 Å². The Morgan fingerprint density at radius 1 is 1.44 bits per heavy atom. The highest BCUT2D eigenvalue weighted by molar-refractivity contribution is 5.78. The largest absolute Gasteiger partial charge is 0.378 e. The molecular weight excluding hydrogens is 204 g/mol. The summed E-state index contributed by atoms with van der Waals surface area (Å²) in [6.45, 7) is 10.3. The third-order valence-corrected chi connectivity index (χ3v) is 3.42. The molecule has 1 aliphatic carbocycles. The number of hydrogen-bond donors (Lipinski definition) is 2. The predicted octanol–water partition coefficient (Wildman–Crippen LogP) is 0.916. The van der Waals surface area contributed by atoms with Gasteiger partial charge in [0, 0.05) is 18.1 Å². The second-order valence-electron chi connectivity index (χ2n) is 4.90. The van der Waals surface area contributed by atoms with Crippen LogP contribution >= 0.6 is 0 Å². The Kier molecular flexibility index (Phi) is 4.74. The van der Waals surface area contributed by atoms with Gasteiger partial charge in [-0.15, -0.1) is 0 Å². The summed E-state index contributed by atoms with van der Waals surface area (Å²) < 4.78 is 5.62. The first-order valence-corrected chi connectivity index (χ1v) is 6.14. The van der Waals surface area contributed by atoms with Crippen molar-refractivity contribution in [2.75, 3.05) is 19.7 Å². The number of carbonyl (C=O) groups excluding carboxylic acids is 1. The van der Waals surface area contributed by atoms with Gasteiger partial charge in [0.2, 0.25) is 5.91 Å². The van der Waals surface area contributed by atoms with Crippen LogP contribution in [-0.2, 0) is 9.53 Å². The second kappa shape index (κ2) is 5.64. The maximum atomic E-state index is 11.5. The molecule has 1 fully saturated rings. The van der Waals surface area contributed by atoms with Crippen molar-refractivity contribution in [3.63, 3.8) is 0 Å². The lowest BCUT2D eigenvalue weighted by molar-refractivity contribution is -0.136. The minimum Gasteiger partial charge on any atom is -0.378 e. The van der Waals surface area contributed by atoms with E-state index in [-0.39, 0.29) is 23.5 Å². The standard InChI is InChI=1S/C12H24N2O2/c1-5-13-8-11(15)14-9-7-10(16-6-2)12(9,3)4/h9-10,13H,5-8H2,1-4H3,(H,14,15). The van der Waals surface area contributed by atoms with Crippen LogP contribution in [0, 0.1) is 5.41 Å². The molecular formula is C12H24N2O2. The van der Waals surface area contributed by atoms with Crippen LogP contribution in [-0.4, -0.2) is 37.7 Å². The fourth-order valence-electron chi connectivity index (χ4n) is 2.10. The molecule has 0 aliphatic heterocycles. The van der Waals surface area contributed by atoms with E-state index in [1.807, 2.05) is 13.8 Å². The molecule has 2 unspecified atom stereocenters. The normalized spacial score (nSPS) is 27.2. The molecule has 0 aromatic heterocycles. The minimum atomic E-state index is 0.0535. The monoisotopic (exact) mass is 228 g/mol. The zero-order chi connectivity index (χ0) is 12.2. The highest BCUT2D eigenvalue weighted by Crippen LogP contribution is 2.42. The van der Waals surface area contributed by atoms with Gasteiger partial charge in [-0.1, -0.05) is 20.8 Å². The van der Waals surface area contributed by atoms with E-state index in [9.17, 15) is 4.79 Å². The average Bonchev–Trinajstić information content (AvgIpc) is 2.25. The molecule has 0 spiro atoms. The topological polar surface area (TPSA) is 50.4 Å². The molecule has 1 aliphatic rings. The lowest BCUT2D eigenvalue weighted by Gasteiger charge is -2.51. The van der Waals surface area contributed by atoms with E-state index in [2.05, 4.69) is 24.5 Å². The number of rotatable bonds is 6. The lowest BCUT2D eigenvalue weighted by atomic mass is 9.64. The van der Waals surface area contributed by atoms with E-state index in [1.165, 1.54) is 0 Å². The molecule has 0 radical (unpaired) electrons. The fourth-order valence-corrected chi connectivity index (χ4v) is 2.10. The molecule has 2 atom stereocenters. The van der Waals surface area contributed by atoms with E-state index in [0.717, 1.165) is 19.6 Å². The second-order valence-corrected chi connectivity index (χ2v) is 4.90. The number of ether oxygens (including phenoxy) is 1. The Balaban J connectivity index is 2.32. The molecule has 1 rings (SSSR count). The summed E-state index contributed by atoms with van der Waals surface area (Å²) in [6.07, 6.45) is 1.21. The highest BCUT2D eigenvalue weighted by atomic mass is 16.5. The van der Waals surface area contributed by atoms with Crippen molar-refractivity contribution in [3.05, 3.63) is 0 Å². The van der Waals surface area contributed by atoms with Crippen LogP contribution in [0.1, 0.15) is 34.1 Å². The maximum absolute atomic E-state index is 11.5. The summed E-state index contributed by atoms with van der Waals surface area (Å²) in [6, 6.07) is 0.246. The minimum absolute atomic E-state index is 0.0535. The van der Waals surface area contributed by atoms with Crippen molar-refractivity contribution < 1.29 is 9.53 Å². The van der Waals surface area contributed by atoms with E-state index < -0.39 is 0 Å². The summed E-state index contributed by atoms with van der Waals surface area (Å²) in [5, 5.41) is 6.07. The van der Waals surface area contributed by atoms with Crippen LogP contribution < -0.4 is 10.6 Å². The number of carbonyl (C=O) groups is 1. The van der Waals surface area contributed by atoms with Crippen LogP contribution in [0.15, 0.2) is 0 Å². The SMILES string of the molecule is CCNCC(=O)NC1CC(OCC)C1(C)C. The number of hydrogen-bond acceptors (Lipinski definition) is 3. The van der Waals surface area contributed by atoms with Gasteiger partial charge in [-0.25, -0.2) is 0 Å². The molecule has 4 heteroatoms. The van der Waals surface area contributed by atoms with Crippen LogP contribution in [0.4, 0.5) is 0 Å².